The molecule has 1 aromatic heterocycles. The minimum absolute atomic E-state index is 0.402. The molecule has 0 aromatic carbocycles. The fourth-order valence-electron chi connectivity index (χ4n) is 2.31. The van der Waals surface area contributed by atoms with Crippen LogP contribution < -0.4 is 0 Å². The summed E-state index contributed by atoms with van der Waals surface area (Å²) >= 11 is 3.39. The van der Waals surface area contributed by atoms with Crippen LogP contribution in [0.25, 0.3) is 0 Å². The lowest BCUT2D eigenvalue weighted by atomic mass is 9.96. The predicted molar refractivity (Wildman–Crippen MR) is 63.5 cm³/mol. The molecule has 1 aromatic rings. The number of carboxylic acid groups (broad SMARTS) is 1. The fraction of sp³-hybridized carbons (Fsp3) is 0.636. The van der Waals surface area contributed by atoms with E-state index in [-0.39, 0.29) is 0 Å². The largest absolute Gasteiger partial charge is 0.481 e. The van der Waals surface area contributed by atoms with E-state index < -0.39 is 11.9 Å². The van der Waals surface area contributed by atoms with E-state index in [1.807, 2.05) is 0 Å². The summed E-state index contributed by atoms with van der Waals surface area (Å²) in [7, 11) is 0. The summed E-state index contributed by atoms with van der Waals surface area (Å²) in [5.41, 5.74) is 0.849. The highest BCUT2D eigenvalue weighted by Gasteiger charge is 2.31. The Balaban J connectivity index is 2.44. The molecule has 1 unspecified atom stereocenters. The van der Waals surface area contributed by atoms with Gasteiger partial charge in [0.15, 0.2) is 0 Å². The van der Waals surface area contributed by atoms with Crippen LogP contribution in [0.3, 0.4) is 0 Å². The van der Waals surface area contributed by atoms with Crippen molar-refractivity contribution < 1.29 is 9.90 Å². The highest BCUT2D eigenvalue weighted by Crippen LogP contribution is 2.34. The molecule has 0 radical (unpaired) electrons. The van der Waals surface area contributed by atoms with E-state index in [4.69, 9.17) is 0 Å². The van der Waals surface area contributed by atoms with Crippen LogP contribution in [0, 0.1) is 0 Å². The van der Waals surface area contributed by atoms with Crippen LogP contribution in [0.2, 0.25) is 0 Å². The Hall–Kier alpha value is -0.840. The molecule has 2 heterocycles. The van der Waals surface area contributed by atoms with Crippen molar-refractivity contribution in [3.05, 3.63) is 16.1 Å². The normalized spacial score (nSPS) is 19.5. The Bertz CT molecular complexity index is 414. The van der Waals surface area contributed by atoms with E-state index in [1.165, 1.54) is 0 Å². The van der Waals surface area contributed by atoms with Gasteiger partial charge in [0.1, 0.15) is 10.4 Å². The van der Waals surface area contributed by atoms with Crippen molar-refractivity contribution in [1.82, 2.24) is 9.55 Å². The smallest absolute Gasteiger partial charge is 0.312 e. The summed E-state index contributed by atoms with van der Waals surface area (Å²) in [4.78, 5) is 15.6. The van der Waals surface area contributed by atoms with Crippen molar-refractivity contribution in [2.75, 3.05) is 0 Å². The van der Waals surface area contributed by atoms with E-state index in [2.05, 4.69) is 32.4 Å². The highest BCUT2D eigenvalue weighted by atomic mass is 79.9. The molecule has 16 heavy (non-hydrogen) atoms. The molecule has 2 rings (SSSR count). The molecular weight excluding hydrogens is 272 g/mol. The topological polar surface area (TPSA) is 55.1 Å². The van der Waals surface area contributed by atoms with Crippen molar-refractivity contribution in [1.29, 1.82) is 0 Å². The first-order chi connectivity index (χ1) is 7.65. The summed E-state index contributed by atoms with van der Waals surface area (Å²) in [6, 6.07) is 0. The number of carbonyl (C=O) groups is 1. The third kappa shape index (κ3) is 1.88. The molecule has 0 bridgehead atoms. The zero-order valence-electron chi connectivity index (χ0n) is 9.24. The van der Waals surface area contributed by atoms with Crippen LogP contribution in [-0.2, 0) is 17.8 Å². The molecule has 1 aliphatic heterocycles. The first kappa shape index (κ1) is 11.6. The highest BCUT2D eigenvalue weighted by molar-refractivity contribution is 9.10. The summed E-state index contributed by atoms with van der Waals surface area (Å²) in [5, 5.41) is 9.19. The van der Waals surface area contributed by atoms with Crippen LogP contribution in [-0.4, -0.2) is 20.6 Å². The van der Waals surface area contributed by atoms with Gasteiger partial charge in [-0.05, 0) is 35.2 Å². The fourth-order valence-corrected chi connectivity index (χ4v) is 3.00. The molecule has 0 amide bonds. The zero-order chi connectivity index (χ0) is 11.7. The van der Waals surface area contributed by atoms with Gasteiger partial charge < -0.3 is 9.67 Å². The number of rotatable bonds is 3. The van der Waals surface area contributed by atoms with Crippen LogP contribution in [0.15, 0.2) is 4.60 Å². The molecule has 1 atom stereocenters. The maximum absolute atomic E-state index is 11.2. The standard InChI is InChI=1S/C11H15BrN2O2/c1-2-4-8-13-10(12)9-7(11(15)16)5-3-6-14(8)9/h7H,2-6H2,1H3,(H,15,16). The number of hydrogen-bond acceptors (Lipinski definition) is 2. The first-order valence-electron chi connectivity index (χ1n) is 5.62. The summed E-state index contributed by atoms with van der Waals surface area (Å²) in [6.07, 6.45) is 3.57. The van der Waals surface area contributed by atoms with E-state index in [0.29, 0.717) is 11.0 Å². The van der Waals surface area contributed by atoms with E-state index in [1.54, 1.807) is 0 Å². The second kappa shape index (κ2) is 4.57. The lowest BCUT2D eigenvalue weighted by Crippen LogP contribution is -2.22. The van der Waals surface area contributed by atoms with Crippen LogP contribution in [0.1, 0.15) is 43.6 Å². The van der Waals surface area contributed by atoms with Gasteiger partial charge in [-0.2, -0.15) is 0 Å². The van der Waals surface area contributed by atoms with Gasteiger partial charge in [-0.25, -0.2) is 4.98 Å². The molecule has 1 aliphatic rings. The average molecular weight is 287 g/mol. The van der Waals surface area contributed by atoms with Crippen molar-refractivity contribution in [2.45, 2.75) is 45.1 Å². The molecule has 4 nitrogen and oxygen atoms in total. The number of fused-ring (bicyclic) bond motifs is 1. The van der Waals surface area contributed by atoms with Gasteiger partial charge in [0.2, 0.25) is 0 Å². The first-order valence-corrected chi connectivity index (χ1v) is 6.42. The van der Waals surface area contributed by atoms with Gasteiger partial charge in [-0.3, -0.25) is 4.79 Å². The van der Waals surface area contributed by atoms with Crippen molar-refractivity contribution >= 4 is 21.9 Å². The molecule has 0 spiro atoms. The van der Waals surface area contributed by atoms with Gasteiger partial charge in [0.25, 0.3) is 0 Å². The summed E-state index contributed by atoms with van der Waals surface area (Å²) in [6.45, 7) is 3.00. The Morgan fingerprint density at radius 3 is 3.06 bits per heavy atom. The number of carboxylic acids is 1. The van der Waals surface area contributed by atoms with E-state index in [9.17, 15) is 9.90 Å². The molecule has 5 heteroatoms. The minimum atomic E-state index is -0.746. The summed E-state index contributed by atoms with van der Waals surface area (Å²) < 4.78 is 2.79. The number of nitrogens with zero attached hydrogens (tertiary/aromatic N) is 2. The third-order valence-corrected chi connectivity index (χ3v) is 3.60. The maximum Gasteiger partial charge on any atom is 0.312 e. The molecule has 0 fully saturated rings. The quantitative estimate of drug-likeness (QED) is 0.929. The van der Waals surface area contributed by atoms with Gasteiger partial charge >= 0.3 is 5.97 Å². The SMILES string of the molecule is CCCc1nc(Br)c2n1CCCC2C(=O)O. The Morgan fingerprint density at radius 1 is 1.69 bits per heavy atom. The minimum Gasteiger partial charge on any atom is -0.481 e. The van der Waals surface area contributed by atoms with Crippen LogP contribution in [0.5, 0.6) is 0 Å². The van der Waals surface area contributed by atoms with Gasteiger partial charge in [-0.15, -0.1) is 0 Å². The molecule has 0 saturated heterocycles. The molecule has 0 aliphatic carbocycles. The van der Waals surface area contributed by atoms with E-state index in [0.717, 1.165) is 37.3 Å². The van der Waals surface area contributed by atoms with Gasteiger partial charge in [-0.1, -0.05) is 6.92 Å². The number of aryl methyl sites for hydroxylation is 1. The lowest BCUT2D eigenvalue weighted by molar-refractivity contribution is -0.139. The molecule has 88 valence electrons. The lowest BCUT2D eigenvalue weighted by Gasteiger charge is -2.22. The second-order valence-electron chi connectivity index (χ2n) is 4.14. The second-order valence-corrected chi connectivity index (χ2v) is 4.89. The number of imidazole rings is 1. The summed E-state index contributed by atoms with van der Waals surface area (Å²) in [5.74, 6) is -0.138. The predicted octanol–water partition coefficient (Wildman–Crippen LogP) is 2.56. The third-order valence-electron chi connectivity index (χ3n) is 3.02. The molecular formula is C11H15BrN2O2. The number of aliphatic carboxylic acids is 1. The van der Waals surface area contributed by atoms with Gasteiger partial charge in [0, 0.05) is 13.0 Å². The van der Waals surface area contributed by atoms with Gasteiger partial charge in [0.05, 0.1) is 11.6 Å². The van der Waals surface area contributed by atoms with Crippen molar-refractivity contribution in [3.8, 4) is 0 Å². The van der Waals surface area contributed by atoms with E-state index >= 15 is 0 Å². The number of aromatic nitrogens is 2. The van der Waals surface area contributed by atoms with Crippen LogP contribution in [0.4, 0.5) is 0 Å². The average Bonchev–Trinajstić information content (AvgIpc) is 2.57. The maximum atomic E-state index is 11.2. The Morgan fingerprint density at radius 2 is 2.44 bits per heavy atom. The number of hydrogen-bond donors (Lipinski definition) is 1. The molecule has 0 saturated carbocycles. The number of halogens is 1. The van der Waals surface area contributed by atoms with Crippen molar-refractivity contribution in [2.24, 2.45) is 0 Å². The Labute approximate surface area is 103 Å². The Kier molecular flexibility index (Phi) is 3.33. The van der Waals surface area contributed by atoms with Crippen molar-refractivity contribution in [3.63, 3.8) is 0 Å². The molecule has 1 N–H and O–H groups in total. The monoisotopic (exact) mass is 286 g/mol. The zero-order valence-corrected chi connectivity index (χ0v) is 10.8. The van der Waals surface area contributed by atoms with Crippen LogP contribution >= 0.6 is 15.9 Å².